The van der Waals surface area contributed by atoms with E-state index in [4.69, 9.17) is 17.3 Å². The molecular weight excluding hydrogens is 528 g/mol. The Morgan fingerprint density at radius 3 is 2.30 bits per heavy atom. The van der Waals surface area contributed by atoms with Crippen molar-refractivity contribution in [2.24, 2.45) is 5.73 Å². The molecule has 0 aliphatic carbocycles. The van der Waals surface area contributed by atoms with Crippen molar-refractivity contribution in [1.82, 2.24) is 19.9 Å². The van der Waals surface area contributed by atoms with Gasteiger partial charge in [-0.15, -0.1) is 0 Å². The average molecular weight is 555 g/mol. The van der Waals surface area contributed by atoms with Gasteiger partial charge in [-0.2, -0.15) is 0 Å². The highest BCUT2D eigenvalue weighted by Crippen LogP contribution is 2.33. The Morgan fingerprint density at radius 1 is 0.950 bits per heavy atom. The van der Waals surface area contributed by atoms with E-state index in [-0.39, 0.29) is 11.4 Å². The first-order valence-electron chi connectivity index (χ1n) is 12.9. The Labute approximate surface area is 235 Å². The number of hydrogen-bond acceptors (Lipinski definition) is 6. The summed E-state index contributed by atoms with van der Waals surface area (Å²) in [4.78, 5) is 46.6. The Kier molecular flexibility index (Phi) is 6.61. The lowest BCUT2D eigenvalue weighted by Gasteiger charge is -2.37. The molecule has 5 aromatic rings. The van der Waals surface area contributed by atoms with E-state index in [0.29, 0.717) is 17.2 Å². The number of nitrogens with zero attached hydrogens (tertiary/aromatic N) is 5. The quantitative estimate of drug-likeness (QED) is 0.280. The third-order valence-corrected chi connectivity index (χ3v) is 7.39. The lowest BCUT2D eigenvalue weighted by Crippen LogP contribution is -2.46. The summed E-state index contributed by atoms with van der Waals surface area (Å²) in [6.07, 6.45) is 1.28. The predicted octanol–water partition coefficient (Wildman–Crippen LogP) is 4.65. The van der Waals surface area contributed by atoms with Crippen molar-refractivity contribution in [1.29, 1.82) is 0 Å². The Morgan fingerprint density at radius 2 is 1.62 bits per heavy atom. The van der Waals surface area contributed by atoms with Crippen LogP contribution in [0.5, 0.6) is 0 Å². The maximum absolute atomic E-state index is 13.9. The van der Waals surface area contributed by atoms with Gasteiger partial charge in [0.15, 0.2) is 5.69 Å². The van der Waals surface area contributed by atoms with Crippen molar-refractivity contribution in [2.75, 3.05) is 40.9 Å². The van der Waals surface area contributed by atoms with Crippen molar-refractivity contribution in [3.63, 3.8) is 0 Å². The number of aryl methyl sites for hydroxylation is 1. The third-order valence-electron chi connectivity index (χ3n) is 7.14. The number of nitrogens with one attached hydrogen (secondary N) is 2. The number of nitrogens with two attached hydrogens (primary N) is 1. The third kappa shape index (κ3) is 4.73. The second-order valence-electron chi connectivity index (χ2n) is 9.63. The molecule has 2 aromatic heterocycles. The minimum atomic E-state index is -0.793. The highest BCUT2D eigenvalue weighted by molar-refractivity contribution is 6.30. The summed E-state index contributed by atoms with van der Waals surface area (Å²) in [5.41, 5.74) is 10.6. The number of fused-ring (bicyclic) bond motifs is 1. The molecule has 0 radical (unpaired) electrons. The zero-order valence-electron chi connectivity index (χ0n) is 21.8. The Balaban J connectivity index is 1.31. The van der Waals surface area contributed by atoms with Gasteiger partial charge in [0.05, 0.1) is 23.0 Å². The summed E-state index contributed by atoms with van der Waals surface area (Å²) in [5.74, 6) is -0.972. The molecule has 0 atom stereocenters. The molecule has 10 nitrogen and oxygen atoms in total. The van der Waals surface area contributed by atoms with Crippen LogP contribution < -0.4 is 20.4 Å². The van der Waals surface area contributed by atoms with Gasteiger partial charge in [0, 0.05) is 42.6 Å². The highest BCUT2D eigenvalue weighted by Gasteiger charge is 2.29. The topological polar surface area (TPSA) is 127 Å². The van der Waals surface area contributed by atoms with E-state index in [1.54, 1.807) is 0 Å². The molecule has 1 aliphatic rings. The van der Waals surface area contributed by atoms with Gasteiger partial charge in [-0.1, -0.05) is 23.7 Å². The molecule has 202 valence electrons. The number of anilines is 4. The molecule has 0 saturated carbocycles. The molecule has 0 bridgehead atoms. The molecule has 6 rings (SSSR count). The van der Waals surface area contributed by atoms with Crippen LogP contribution in [0, 0.1) is 6.92 Å². The van der Waals surface area contributed by atoms with Crippen LogP contribution in [0.1, 0.15) is 26.5 Å². The van der Waals surface area contributed by atoms with Gasteiger partial charge >= 0.3 is 0 Å². The van der Waals surface area contributed by atoms with E-state index in [1.165, 1.54) is 11.2 Å². The minimum absolute atomic E-state index is 0.00486. The normalized spacial score (nSPS) is 13.6. The maximum Gasteiger partial charge on any atom is 0.284 e. The number of aromatic amines is 2. The zero-order valence-corrected chi connectivity index (χ0v) is 22.5. The second kappa shape index (κ2) is 10.4. The average Bonchev–Trinajstić information content (AvgIpc) is 3.62. The number of imidazole rings is 2. The number of piperazine rings is 1. The lowest BCUT2D eigenvalue weighted by atomic mass is 10.1. The monoisotopic (exact) mass is 554 g/mol. The number of amides is 2. The largest absolute Gasteiger partial charge is 0.368 e. The van der Waals surface area contributed by atoms with Crippen LogP contribution in [-0.4, -0.2) is 57.9 Å². The Hall–Kier alpha value is -4.83. The zero-order chi connectivity index (χ0) is 27.8. The molecule has 3 aromatic carbocycles. The molecule has 1 fully saturated rings. The number of para-hydroxylation sites is 2. The number of benzene rings is 3. The fraction of sp³-hybridized carbons (Fsp3) is 0.172. The minimum Gasteiger partial charge on any atom is -0.368 e. The predicted molar refractivity (Wildman–Crippen MR) is 157 cm³/mol. The number of aromatic nitrogens is 4. The van der Waals surface area contributed by atoms with Crippen LogP contribution in [-0.2, 0) is 0 Å². The van der Waals surface area contributed by atoms with Crippen LogP contribution in [0.4, 0.5) is 23.0 Å². The SMILES string of the molecule is Cc1cc(N2CCN(c3ccc(Cl)cc3)CC2)ccc1N(C(=O)c1[nH]cnc1C(N)=O)c1nc2ccccc2[nH]1. The standard InChI is InChI=1S/C29H27ClN8O2/c1-18-16-21(37-14-12-36(13-15-37)20-8-6-19(30)7-9-20)10-11-24(18)38(28(40)26-25(27(31)39)32-17-33-26)29-34-22-4-2-3-5-23(22)35-29/h2-11,16-17H,12-15H2,1H3,(H2,31,39)(H,32,33)(H,34,35). The number of carbonyl (C=O) groups excluding carboxylic acids is 2. The summed E-state index contributed by atoms with van der Waals surface area (Å²) in [6, 6.07) is 21.4. The number of rotatable bonds is 6. The molecule has 4 N–H and O–H groups in total. The molecule has 40 heavy (non-hydrogen) atoms. The van der Waals surface area contributed by atoms with Crippen molar-refractivity contribution in [3.05, 3.63) is 95.0 Å². The van der Waals surface area contributed by atoms with Crippen LogP contribution in [0.3, 0.4) is 0 Å². The maximum atomic E-state index is 13.9. The summed E-state index contributed by atoms with van der Waals surface area (Å²) in [7, 11) is 0. The van der Waals surface area contributed by atoms with Crippen LogP contribution in [0.15, 0.2) is 73.1 Å². The summed E-state index contributed by atoms with van der Waals surface area (Å²) in [6.45, 7) is 5.41. The highest BCUT2D eigenvalue weighted by atomic mass is 35.5. The number of hydrogen-bond donors (Lipinski definition) is 3. The number of primary amides is 1. The fourth-order valence-corrected chi connectivity index (χ4v) is 5.21. The first kappa shape index (κ1) is 25.4. The van der Waals surface area contributed by atoms with Crippen molar-refractivity contribution < 1.29 is 9.59 Å². The molecule has 2 amide bonds. The van der Waals surface area contributed by atoms with E-state index >= 15 is 0 Å². The first-order chi connectivity index (χ1) is 19.4. The van der Waals surface area contributed by atoms with Crippen molar-refractivity contribution >= 4 is 57.5 Å². The van der Waals surface area contributed by atoms with Crippen LogP contribution >= 0.6 is 11.6 Å². The first-order valence-corrected chi connectivity index (χ1v) is 13.3. The molecule has 11 heteroatoms. The van der Waals surface area contributed by atoms with E-state index in [2.05, 4.69) is 35.8 Å². The van der Waals surface area contributed by atoms with Gasteiger partial charge in [0.1, 0.15) is 5.69 Å². The molecular formula is C29H27ClN8O2. The smallest absolute Gasteiger partial charge is 0.284 e. The molecule has 3 heterocycles. The van der Waals surface area contributed by atoms with Crippen LogP contribution in [0.25, 0.3) is 11.0 Å². The summed E-state index contributed by atoms with van der Waals surface area (Å²) < 4.78 is 0. The van der Waals surface area contributed by atoms with E-state index < -0.39 is 11.8 Å². The van der Waals surface area contributed by atoms with Crippen LogP contribution in [0.2, 0.25) is 5.02 Å². The van der Waals surface area contributed by atoms with Gasteiger partial charge < -0.3 is 25.5 Å². The fourth-order valence-electron chi connectivity index (χ4n) is 5.08. The van der Waals surface area contributed by atoms with Crippen molar-refractivity contribution in [3.8, 4) is 0 Å². The number of halogens is 1. The lowest BCUT2D eigenvalue weighted by molar-refractivity contribution is 0.0961. The van der Waals surface area contributed by atoms with Gasteiger partial charge in [-0.25, -0.2) is 14.9 Å². The summed E-state index contributed by atoms with van der Waals surface area (Å²) >= 11 is 6.05. The number of H-pyrrole nitrogens is 2. The van der Waals surface area contributed by atoms with E-state index in [1.807, 2.05) is 67.6 Å². The van der Waals surface area contributed by atoms with E-state index in [9.17, 15) is 9.59 Å². The van der Waals surface area contributed by atoms with E-state index in [0.717, 1.165) is 53.7 Å². The van der Waals surface area contributed by atoms with Gasteiger partial charge in [-0.3, -0.25) is 9.59 Å². The van der Waals surface area contributed by atoms with Gasteiger partial charge in [-0.05, 0) is 67.1 Å². The number of carbonyl (C=O) groups is 2. The van der Waals surface area contributed by atoms with Gasteiger partial charge in [0.25, 0.3) is 11.8 Å². The molecule has 1 aliphatic heterocycles. The second-order valence-corrected chi connectivity index (χ2v) is 10.1. The Bertz CT molecular complexity index is 1670. The van der Waals surface area contributed by atoms with Gasteiger partial charge in [0.2, 0.25) is 5.95 Å². The molecule has 1 saturated heterocycles. The molecule has 0 spiro atoms. The van der Waals surface area contributed by atoms with Crippen molar-refractivity contribution in [2.45, 2.75) is 6.92 Å². The molecule has 0 unspecified atom stereocenters. The summed E-state index contributed by atoms with van der Waals surface area (Å²) in [5, 5.41) is 0.728.